The molecule has 0 aromatic heterocycles. The van der Waals surface area contributed by atoms with Crippen LogP contribution in [0.15, 0.2) is 24.3 Å². The fourth-order valence-corrected chi connectivity index (χ4v) is 1.48. The van der Waals surface area contributed by atoms with E-state index in [1.165, 1.54) is 5.56 Å². The maximum absolute atomic E-state index is 5.35. The Morgan fingerprint density at radius 1 is 1.12 bits per heavy atom. The molecule has 0 radical (unpaired) electrons. The number of ether oxygens (including phenoxy) is 2. The van der Waals surface area contributed by atoms with Crippen molar-refractivity contribution in [1.29, 1.82) is 0 Å². The molecule has 2 heteroatoms. The van der Waals surface area contributed by atoms with Crippen LogP contribution in [0.25, 0.3) is 0 Å². The highest BCUT2D eigenvalue weighted by Gasteiger charge is 2.21. The van der Waals surface area contributed by atoms with Gasteiger partial charge in [0.2, 0.25) is 0 Å². The summed E-state index contributed by atoms with van der Waals surface area (Å²) < 4.78 is 10.2. The second-order valence-electron chi connectivity index (χ2n) is 5.21. The van der Waals surface area contributed by atoms with E-state index in [0.717, 1.165) is 5.75 Å². The van der Waals surface area contributed by atoms with Crippen molar-refractivity contribution in [2.75, 3.05) is 13.9 Å². The van der Waals surface area contributed by atoms with E-state index in [1.807, 2.05) is 12.1 Å². The average molecular weight is 222 g/mol. The molecule has 1 aromatic carbocycles. The number of hydrogen-bond donors (Lipinski definition) is 0. The molecule has 2 nitrogen and oxygen atoms in total. The summed E-state index contributed by atoms with van der Waals surface area (Å²) in [6, 6.07) is 8.25. The molecule has 0 aliphatic rings. The van der Waals surface area contributed by atoms with Gasteiger partial charge in [-0.25, -0.2) is 0 Å². The molecule has 90 valence electrons. The molecule has 0 saturated carbocycles. The van der Waals surface area contributed by atoms with Crippen LogP contribution < -0.4 is 4.74 Å². The summed E-state index contributed by atoms with van der Waals surface area (Å²) in [6.07, 6.45) is 0. The highest BCUT2D eigenvalue weighted by Crippen LogP contribution is 2.34. The molecule has 0 amide bonds. The zero-order valence-electron chi connectivity index (χ0n) is 10.9. The topological polar surface area (TPSA) is 18.5 Å². The van der Waals surface area contributed by atoms with Gasteiger partial charge in [0.25, 0.3) is 0 Å². The lowest BCUT2D eigenvalue weighted by molar-refractivity contribution is 0.0511. The predicted molar refractivity (Wildman–Crippen MR) is 66.8 cm³/mol. The van der Waals surface area contributed by atoms with E-state index < -0.39 is 0 Å². The lowest BCUT2D eigenvalue weighted by Gasteiger charge is -2.27. The van der Waals surface area contributed by atoms with Crippen LogP contribution in [-0.4, -0.2) is 13.9 Å². The molecular formula is C14H22O2. The Bertz CT molecular complexity index is 309. The number of hydrogen-bond acceptors (Lipinski definition) is 2. The Kier molecular flexibility index (Phi) is 4.36. The molecular weight excluding hydrogens is 200 g/mol. The Hall–Kier alpha value is -1.02. The average Bonchev–Trinajstić information content (AvgIpc) is 2.25. The molecule has 1 rings (SSSR count). The normalized spacial score (nSPS) is 13.6. The maximum atomic E-state index is 5.35. The van der Waals surface area contributed by atoms with Gasteiger partial charge in [0, 0.05) is 7.11 Å². The van der Waals surface area contributed by atoms with Crippen molar-refractivity contribution in [1.82, 2.24) is 0 Å². The van der Waals surface area contributed by atoms with Gasteiger partial charge < -0.3 is 9.47 Å². The first-order valence-corrected chi connectivity index (χ1v) is 5.67. The summed E-state index contributed by atoms with van der Waals surface area (Å²) in [6.45, 7) is 9.33. The van der Waals surface area contributed by atoms with Crippen molar-refractivity contribution < 1.29 is 9.47 Å². The fraction of sp³-hybridized carbons (Fsp3) is 0.571. The van der Waals surface area contributed by atoms with Crippen LogP contribution in [0.5, 0.6) is 5.75 Å². The molecule has 0 N–H and O–H groups in total. The van der Waals surface area contributed by atoms with E-state index in [0.29, 0.717) is 12.7 Å². The highest BCUT2D eigenvalue weighted by molar-refractivity contribution is 5.29. The zero-order chi connectivity index (χ0) is 12.2. The third kappa shape index (κ3) is 3.53. The van der Waals surface area contributed by atoms with Crippen LogP contribution in [0.1, 0.15) is 39.2 Å². The van der Waals surface area contributed by atoms with E-state index in [1.54, 1.807) is 7.11 Å². The largest absolute Gasteiger partial charge is 0.468 e. The SMILES string of the molecule is COCOc1ccc(C(C)C(C)(C)C)cc1. The lowest BCUT2D eigenvalue weighted by atomic mass is 9.78. The van der Waals surface area contributed by atoms with Crippen molar-refractivity contribution in [2.45, 2.75) is 33.6 Å². The van der Waals surface area contributed by atoms with Crippen molar-refractivity contribution in [2.24, 2.45) is 5.41 Å². The minimum Gasteiger partial charge on any atom is -0.468 e. The smallest absolute Gasteiger partial charge is 0.188 e. The highest BCUT2D eigenvalue weighted by atomic mass is 16.7. The minimum atomic E-state index is 0.287. The first kappa shape index (κ1) is 13.0. The van der Waals surface area contributed by atoms with Gasteiger partial charge in [0.05, 0.1) is 0 Å². The Labute approximate surface area is 98.6 Å². The van der Waals surface area contributed by atoms with Gasteiger partial charge in [-0.1, -0.05) is 39.8 Å². The van der Waals surface area contributed by atoms with Crippen LogP contribution in [0, 0.1) is 5.41 Å². The molecule has 0 heterocycles. The van der Waals surface area contributed by atoms with Crippen molar-refractivity contribution >= 4 is 0 Å². The summed E-state index contributed by atoms with van der Waals surface area (Å²) in [5, 5.41) is 0. The van der Waals surface area contributed by atoms with E-state index in [9.17, 15) is 0 Å². The summed E-state index contributed by atoms with van der Waals surface area (Å²) in [4.78, 5) is 0. The van der Waals surface area contributed by atoms with Crippen LogP contribution >= 0.6 is 0 Å². The Morgan fingerprint density at radius 2 is 1.69 bits per heavy atom. The van der Waals surface area contributed by atoms with Gasteiger partial charge in [0.15, 0.2) is 6.79 Å². The maximum Gasteiger partial charge on any atom is 0.188 e. The van der Waals surface area contributed by atoms with Crippen LogP contribution in [0.3, 0.4) is 0 Å². The molecule has 0 saturated heterocycles. The number of rotatable bonds is 4. The van der Waals surface area contributed by atoms with E-state index in [2.05, 4.69) is 39.8 Å². The Balaban J connectivity index is 2.71. The molecule has 1 atom stereocenters. The quantitative estimate of drug-likeness (QED) is 0.721. The van der Waals surface area contributed by atoms with Crippen molar-refractivity contribution in [3.8, 4) is 5.75 Å². The second-order valence-corrected chi connectivity index (χ2v) is 5.21. The Morgan fingerprint density at radius 3 is 2.12 bits per heavy atom. The number of methoxy groups -OCH3 is 1. The molecule has 0 aliphatic heterocycles. The summed E-state index contributed by atoms with van der Waals surface area (Å²) in [5.74, 6) is 1.38. The van der Waals surface area contributed by atoms with Crippen molar-refractivity contribution in [3.05, 3.63) is 29.8 Å². The van der Waals surface area contributed by atoms with Gasteiger partial charge in [-0.2, -0.15) is 0 Å². The summed E-state index contributed by atoms with van der Waals surface area (Å²) >= 11 is 0. The fourth-order valence-electron chi connectivity index (χ4n) is 1.48. The third-order valence-corrected chi connectivity index (χ3v) is 3.02. The van der Waals surface area contributed by atoms with Gasteiger partial charge in [-0.3, -0.25) is 0 Å². The van der Waals surface area contributed by atoms with Crippen LogP contribution in [0.4, 0.5) is 0 Å². The van der Waals surface area contributed by atoms with Gasteiger partial charge in [-0.15, -0.1) is 0 Å². The monoisotopic (exact) mass is 222 g/mol. The molecule has 0 aliphatic carbocycles. The predicted octanol–water partition coefficient (Wildman–Crippen LogP) is 3.82. The zero-order valence-corrected chi connectivity index (χ0v) is 10.9. The molecule has 1 unspecified atom stereocenters. The van der Waals surface area contributed by atoms with E-state index in [4.69, 9.17) is 9.47 Å². The second kappa shape index (κ2) is 5.35. The first-order valence-electron chi connectivity index (χ1n) is 5.67. The van der Waals surface area contributed by atoms with Crippen molar-refractivity contribution in [3.63, 3.8) is 0 Å². The van der Waals surface area contributed by atoms with Gasteiger partial charge in [0.1, 0.15) is 5.75 Å². The van der Waals surface area contributed by atoms with Crippen LogP contribution in [-0.2, 0) is 4.74 Å². The van der Waals surface area contributed by atoms with Gasteiger partial charge in [-0.05, 0) is 29.0 Å². The van der Waals surface area contributed by atoms with Crippen LogP contribution in [0.2, 0.25) is 0 Å². The lowest BCUT2D eigenvalue weighted by Crippen LogP contribution is -2.15. The molecule has 0 fully saturated rings. The molecule has 16 heavy (non-hydrogen) atoms. The molecule has 1 aromatic rings. The molecule has 0 spiro atoms. The summed E-state index contributed by atoms with van der Waals surface area (Å²) in [5.41, 5.74) is 1.63. The minimum absolute atomic E-state index is 0.287. The number of benzene rings is 1. The standard InChI is InChI=1S/C14H22O2/c1-11(14(2,3)4)12-6-8-13(9-7-12)16-10-15-5/h6-9,11H,10H2,1-5H3. The third-order valence-electron chi connectivity index (χ3n) is 3.02. The molecule has 0 bridgehead atoms. The van der Waals surface area contributed by atoms with E-state index in [-0.39, 0.29) is 5.41 Å². The van der Waals surface area contributed by atoms with Gasteiger partial charge >= 0.3 is 0 Å². The van der Waals surface area contributed by atoms with E-state index >= 15 is 0 Å². The summed E-state index contributed by atoms with van der Waals surface area (Å²) in [7, 11) is 1.62. The first-order chi connectivity index (χ1) is 7.45.